The van der Waals surface area contributed by atoms with Crippen LogP contribution in [-0.4, -0.2) is 22.5 Å². The van der Waals surface area contributed by atoms with Crippen LogP contribution in [0.25, 0.3) is 5.52 Å². The van der Waals surface area contributed by atoms with Crippen LogP contribution >= 0.6 is 15.9 Å². The highest BCUT2D eigenvalue weighted by atomic mass is 79.9. The fourth-order valence-corrected chi connectivity index (χ4v) is 3.14. The van der Waals surface area contributed by atoms with Gasteiger partial charge in [0.1, 0.15) is 10.4 Å². The van der Waals surface area contributed by atoms with Crippen molar-refractivity contribution in [2.24, 2.45) is 5.92 Å². The summed E-state index contributed by atoms with van der Waals surface area (Å²) in [6, 6.07) is 3.88. The lowest BCUT2D eigenvalue weighted by Gasteiger charge is -2.21. The fraction of sp³-hybridized carbons (Fsp3) is 0.462. The van der Waals surface area contributed by atoms with Gasteiger partial charge in [0.2, 0.25) is 0 Å². The molecule has 1 aliphatic rings. The number of nitrogens with zero attached hydrogens (tertiary/aromatic N) is 2. The van der Waals surface area contributed by atoms with Crippen LogP contribution in [0, 0.1) is 5.92 Å². The second kappa shape index (κ2) is 4.90. The van der Waals surface area contributed by atoms with E-state index in [1.165, 1.54) is 12.8 Å². The highest BCUT2D eigenvalue weighted by Crippen LogP contribution is 2.24. The van der Waals surface area contributed by atoms with Gasteiger partial charge in [-0.25, -0.2) is 4.98 Å². The number of nitrogens with two attached hydrogens (primary N) is 1. The van der Waals surface area contributed by atoms with Crippen LogP contribution in [0.15, 0.2) is 22.9 Å². The zero-order valence-corrected chi connectivity index (χ0v) is 11.8. The smallest absolute Gasteiger partial charge is 0.132 e. The van der Waals surface area contributed by atoms with Crippen LogP contribution < -0.4 is 11.1 Å². The second-order valence-corrected chi connectivity index (χ2v) is 5.70. The summed E-state index contributed by atoms with van der Waals surface area (Å²) in [7, 11) is 0. The Kier molecular flexibility index (Phi) is 3.26. The van der Waals surface area contributed by atoms with Gasteiger partial charge in [0.25, 0.3) is 0 Å². The van der Waals surface area contributed by atoms with Gasteiger partial charge >= 0.3 is 0 Å². The Morgan fingerprint density at radius 1 is 1.56 bits per heavy atom. The van der Waals surface area contributed by atoms with Crippen molar-refractivity contribution in [2.75, 3.05) is 18.8 Å². The fourth-order valence-electron chi connectivity index (χ4n) is 2.63. The van der Waals surface area contributed by atoms with Crippen molar-refractivity contribution in [3.63, 3.8) is 0 Å². The molecule has 1 saturated heterocycles. The number of nitrogen functional groups attached to an aromatic ring is 1. The number of imidazole rings is 1. The number of halogens is 1. The molecule has 1 unspecified atom stereocenters. The highest BCUT2D eigenvalue weighted by molar-refractivity contribution is 9.10. The predicted octanol–water partition coefficient (Wildman–Crippen LogP) is 2.22. The van der Waals surface area contributed by atoms with Gasteiger partial charge in [-0.1, -0.05) is 0 Å². The SMILES string of the molecule is Nc1ccn2c(CC3CCCNC3)nc(Br)c2c1. The molecule has 0 spiro atoms. The Hall–Kier alpha value is -1.07. The summed E-state index contributed by atoms with van der Waals surface area (Å²) < 4.78 is 3.02. The number of fused-ring (bicyclic) bond motifs is 1. The van der Waals surface area contributed by atoms with E-state index in [1.54, 1.807) is 0 Å². The van der Waals surface area contributed by atoms with E-state index in [0.717, 1.165) is 41.1 Å². The quantitative estimate of drug-likeness (QED) is 0.894. The summed E-state index contributed by atoms with van der Waals surface area (Å²) >= 11 is 3.51. The van der Waals surface area contributed by atoms with Gasteiger partial charge in [0.05, 0.1) is 5.52 Å². The van der Waals surface area contributed by atoms with Crippen LogP contribution in [0.1, 0.15) is 18.7 Å². The summed E-state index contributed by atoms with van der Waals surface area (Å²) in [5.41, 5.74) is 7.64. The number of hydrogen-bond donors (Lipinski definition) is 2. The molecule has 0 radical (unpaired) electrons. The number of hydrogen-bond acceptors (Lipinski definition) is 3. The van der Waals surface area contributed by atoms with Gasteiger partial charge < -0.3 is 15.5 Å². The van der Waals surface area contributed by atoms with Crippen LogP contribution in [0.4, 0.5) is 5.69 Å². The Labute approximate surface area is 115 Å². The van der Waals surface area contributed by atoms with E-state index >= 15 is 0 Å². The third kappa shape index (κ3) is 2.24. The average molecular weight is 309 g/mol. The minimum absolute atomic E-state index is 0.689. The van der Waals surface area contributed by atoms with Crippen molar-refractivity contribution >= 4 is 27.1 Å². The zero-order valence-electron chi connectivity index (χ0n) is 10.2. The lowest BCUT2D eigenvalue weighted by Crippen LogP contribution is -2.31. The minimum atomic E-state index is 0.689. The van der Waals surface area contributed by atoms with Gasteiger partial charge in [-0.3, -0.25) is 0 Å². The molecule has 3 rings (SSSR count). The van der Waals surface area contributed by atoms with Gasteiger partial charge in [-0.05, 0) is 59.9 Å². The lowest BCUT2D eigenvalue weighted by atomic mass is 9.96. The molecule has 1 atom stereocenters. The maximum atomic E-state index is 5.81. The van der Waals surface area contributed by atoms with E-state index in [1.807, 2.05) is 18.3 Å². The van der Waals surface area contributed by atoms with Crippen LogP contribution in [0.5, 0.6) is 0 Å². The monoisotopic (exact) mass is 308 g/mol. The summed E-state index contributed by atoms with van der Waals surface area (Å²) in [5.74, 6) is 1.80. The first-order valence-corrected chi connectivity index (χ1v) is 7.16. The first-order chi connectivity index (χ1) is 8.74. The molecule has 0 amide bonds. The topological polar surface area (TPSA) is 55.4 Å². The van der Waals surface area contributed by atoms with Crippen molar-refractivity contribution in [1.29, 1.82) is 0 Å². The van der Waals surface area contributed by atoms with E-state index in [9.17, 15) is 0 Å². The molecule has 3 N–H and O–H groups in total. The van der Waals surface area contributed by atoms with Crippen molar-refractivity contribution < 1.29 is 0 Å². The maximum absolute atomic E-state index is 5.81. The molecule has 4 nitrogen and oxygen atoms in total. The molecule has 1 fully saturated rings. The number of aromatic nitrogens is 2. The van der Waals surface area contributed by atoms with Gasteiger partial charge in [-0.2, -0.15) is 0 Å². The standard InChI is InChI=1S/C13H17BrN4/c14-13-11-7-10(15)3-5-18(11)12(17-13)6-9-2-1-4-16-8-9/h3,5,7,9,16H,1-2,4,6,8,15H2. The molecule has 96 valence electrons. The Morgan fingerprint density at radius 3 is 3.22 bits per heavy atom. The van der Waals surface area contributed by atoms with Crippen molar-refractivity contribution in [2.45, 2.75) is 19.3 Å². The van der Waals surface area contributed by atoms with Gasteiger partial charge in [-0.15, -0.1) is 0 Å². The summed E-state index contributed by atoms with van der Waals surface area (Å²) in [6.07, 6.45) is 5.58. The van der Waals surface area contributed by atoms with Crippen LogP contribution in [-0.2, 0) is 6.42 Å². The minimum Gasteiger partial charge on any atom is -0.399 e. The van der Waals surface area contributed by atoms with Crippen molar-refractivity contribution in [3.05, 3.63) is 28.8 Å². The van der Waals surface area contributed by atoms with E-state index in [0.29, 0.717) is 5.92 Å². The average Bonchev–Trinajstić information content (AvgIpc) is 2.67. The molecular formula is C13H17BrN4. The highest BCUT2D eigenvalue weighted by Gasteiger charge is 2.17. The Morgan fingerprint density at radius 2 is 2.44 bits per heavy atom. The van der Waals surface area contributed by atoms with Crippen LogP contribution in [0.3, 0.4) is 0 Å². The van der Waals surface area contributed by atoms with Gasteiger partial charge in [0, 0.05) is 18.3 Å². The first kappa shape index (κ1) is 12.0. The molecule has 0 saturated carbocycles. The number of nitrogens with one attached hydrogen (secondary N) is 1. The summed E-state index contributed by atoms with van der Waals surface area (Å²) in [4.78, 5) is 4.62. The maximum Gasteiger partial charge on any atom is 0.132 e. The number of rotatable bonds is 2. The molecule has 2 aromatic heterocycles. The number of piperidine rings is 1. The van der Waals surface area contributed by atoms with E-state index in [-0.39, 0.29) is 0 Å². The number of anilines is 1. The lowest BCUT2D eigenvalue weighted by molar-refractivity contribution is 0.370. The molecule has 3 heterocycles. The van der Waals surface area contributed by atoms with Gasteiger partial charge in [0.15, 0.2) is 0 Å². The van der Waals surface area contributed by atoms with Crippen molar-refractivity contribution in [1.82, 2.24) is 14.7 Å². The normalized spacial score (nSPS) is 20.4. The molecule has 0 bridgehead atoms. The van der Waals surface area contributed by atoms with E-state index < -0.39 is 0 Å². The second-order valence-electron chi connectivity index (χ2n) is 4.95. The van der Waals surface area contributed by atoms with Crippen LogP contribution in [0.2, 0.25) is 0 Å². The zero-order chi connectivity index (χ0) is 12.5. The predicted molar refractivity (Wildman–Crippen MR) is 76.6 cm³/mol. The number of pyridine rings is 1. The third-order valence-electron chi connectivity index (χ3n) is 3.57. The molecule has 18 heavy (non-hydrogen) atoms. The Balaban J connectivity index is 1.91. The molecule has 0 aromatic carbocycles. The molecular weight excluding hydrogens is 292 g/mol. The Bertz CT molecular complexity index is 557. The summed E-state index contributed by atoms with van der Waals surface area (Å²) in [6.45, 7) is 2.25. The van der Waals surface area contributed by atoms with E-state index in [4.69, 9.17) is 5.73 Å². The molecule has 5 heteroatoms. The third-order valence-corrected chi connectivity index (χ3v) is 4.15. The first-order valence-electron chi connectivity index (χ1n) is 6.37. The molecule has 2 aromatic rings. The molecule has 1 aliphatic heterocycles. The summed E-state index contributed by atoms with van der Waals surface area (Å²) in [5, 5.41) is 3.45. The van der Waals surface area contributed by atoms with E-state index in [2.05, 4.69) is 30.6 Å². The largest absolute Gasteiger partial charge is 0.399 e. The molecule has 0 aliphatic carbocycles. The van der Waals surface area contributed by atoms with Crippen molar-refractivity contribution in [3.8, 4) is 0 Å².